The highest BCUT2D eigenvalue weighted by Crippen LogP contribution is 2.28. The molecule has 2 aromatic rings. The minimum absolute atomic E-state index is 0. The highest BCUT2D eigenvalue weighted by Gasteiger charge is 2.34. The second kappa shape index (κ2) is 8.63. The Morgan fingerprint density at radius 3 is 2.87 bits per heavy atom. The number of hydrogen-bond acceptors (Lipinski definition) is 5. The lowest BCUT2D eigenvalue weighted by Gasteiger charge is -2.16. The van der Waals surface area contributed by atoms with E-state index in [2.05, 4.69) is 20.7 Å². The zero-order valence-corrected chi connectivity index (χ0v) is 15.4. The normalized spacial score (nSPS) is 19.7. The molecule has 23 heavy (non-hydrogen) atoms. The van der Waals surface area contributed by atoms with Crippen LogP contribution in [0, 0.1) is 12.8 Å². The lowest BCUT2D eigenvalue weighted by atomic mass is 9.90. The summed E-state index contributed by atoms with van der Waals surface area (Å²) in [5.74, 6) is 0.255. The van der Waals surface area contributed by atoms with Gasteiger partial charge in [-0.2, -0.15) is 5.10 Å². The van der Waals surface area contributed by atoms with Crippen molar-refractivity contribution in [3.8, 4) is 0 Å². The van der Waals surface area contributed by atoms with Crippen molar-refractivity contribution < 1.29 is 4.79 Å². The zero-order chi connectivity index (χ0) is 14.8. The van der Waals surface area contributed by atoms with Crippen LogP contribution in [0.3, 0.4) is 0 Å². The Bertz CT molecular complexity index is 645. The molecular formula is C14H21Cl2N5OS. The Kier molecular flexibility index (Phi) is 7.47. The molecule has 2 atom stereocenters. The number of aromatic nitrogens is 3. The van der Waals surface area contributed by atoms with Gasteiger partial charge >= 0.3 is 0 Å². The first-order chi connectivity index (χ1) is 10.1. The number of rotatable bonds is 4. The standard InChI is InChI=1S/C14H19N5OS.2ClH/c1-9-13(21-8-17-9)6-16-14(20)12-5-15-4-11(12)10-3-18-19(2)7-10;;/h3,7-8,11-12,15H,4-6H2,1-2H3,(H,16,20);2*1H/t11-,12+;;/m1../s1. The molecule has 6 nitrogen and oxygen atoms in total. The van der Waals surface area contributed by atoms with E-state index in [1.54, 1.807) is 16.0 Å². The fourth-order valence-electron chi connectivity index (χ4n) is 2.73. The fourth-order valence-corrected chi connectivity index (χ4v) is 3.45. The first-order valence-corrected chi connectivity index (χ1v) is 7.89. The summed E-state index contributed by atoms with van der Waals surface area (Å²) in [6, 6.07) is 0. The van der Waals surface area contributed by atoms with Crippen LogP contribution in [0.5, 0.6) is 0 Å². The summed E-state index contributed by atoms with van der Waals surface area (Å²) in [6.45, 7) is 4.07. The van der Waals surface area contributed by atoms with Crippen LogP contribution >= 0.6 is 36.2 Å². The molecular weight excluding hydrogens is 357 g/mol. The maximum Gasteiger partial charge on any atom is 0.225 e. The van der Waals surface area contributed by atoms with Crippen molar-refractivity contribution >= 4 is 42.1 Å². The third kappa shape index (κ3) is 4.44. The molecule has 2 aromatic heterocycles. The minimum atomic E-state index is -0.0394. The van der Waals surface area contributed by atoms with Gasteiger partial charge in [0.25, 0.3) is 0 Å². The van der Waals surface area contributed by atoms with Gasteiger partial charge in [-0.15, -0.1) is 36.2 Å². The van der Waals surface area contributed by atoms with Gasteiger partial charge in [0, 0.05) is 37.1 Å². The van der Waals surface area contributed by atoms with Crippen molar-refractivity contribution in [3.05, 3.63) is 34.0 Å². The summed E-state index contributed by atoms with van der Waals surface area (Å²) in [5, 5.41) is 10.6. The van der Waals surface area contributed by atoms with E-state index < -0.39 is 0 Å². The Morgan fingerprint density at radius 2 is 2.26 bits per heavy atom. The molecule has 1 saturated heterocycles. The van der Waals surface area contributed by atoms with Gasteiger partial charge in [0.2, 0.25) is 5.91 Å². The minimum Gasteiger partial charge on any atom is -0.351 e. The van der Waals surface area contributed by atoms with E-state index in [0.29, 0.717) is 13.1 Å². The molecule has 0 bridgehead atoms. The van der Waals surface area contributed by atoms with Gasteiger partial charge in [-0.25, -0.2) is 4.98 Å². The average Bonchev–Trinajstić information content (AvgIpc) is 3.16. The second-order valence-electron chi connectivity index (χ2n) is 5.40. The Labute approximate surface area is 151 Å². The maximum absolute atomic E-state index is 12.4. The first kappa shape index (κ1) is 19.9. The summed E-state index contributed by atoms with van der Waals surface area (Å²) >= 11 is 1.58. The summed E-state index contributed by atoms with van der Waals surface area (Å²) in [5.41, 5.74) is 3.93. The van der Waals surface area contributed by atoms with E-state index in [-0.39, 0.29) is 42.6 Å². The van der Waals surface area contributed by atoms with Crippen LogP contribution in [0.2, 0.25) is 0 Å². The topological polar surface area (TPSA) is 71.8 Å². The van der Waals surface area contributed by atoms with Crippen LogP contribution in [0.15, 0.2) is 17.9 Å². The monoisotopic (exact) mass is 377 g/mol. The van der Waals surface area contributed by atoms with Crippen molar-refractivity contribution in [1.29, 1.82) is 0 Å². The highest BCUT2D eigenvalue weighted by atomic mass is 35.5. The molecule has 0 aromatic carbocycles. The number of nitrogens with zero attached hydrogens (tertiary/aromatic N) is 3. The summed E-state index contributed by atoms with van der Waals surface area (Å²) in [6.07, 6.45) is 3.84. The molecule has 0 spiro atoms. The largest absolute Gasteiger partial charge is 0.351 e. The zero-order valence-electron chi connectivity index (χ0n) is 13.0. The molecule has 1 amide bonds. The number of thiazole rings is 1. The van der Waals surface area contributed by atoms with Gasteiger partial charge in [0.1, 0.15) is 0 Å². The number of nitrogens with one attached hydrogen (secondary N) is 2. The number of amides is 1. The van der Waals surface area contributed by atoms with Crippen LogP contribution in [-0.2, 0) is 18.4 Å². The molecule has 3 heterocycles. The molecule has 1 fully saturated rings. The van der Waals surface area contributed by atoms with Gasteiger partial charge < -0.3 is 10.6 Å². The fraction of sp³-hybridized carbons (Fsp3) is 0.500. The lowest BCUT2D eigenvalue weighted by molar-refractivity contribution is -0.124. The Hall–Kier alpha value is -1.15. The smallest absolute Gasteiger partial charge is 0.225 e. The third-order valence-corrected chi connectivity index (χ3v) is 4.91. The Morgan fingerprint density at radius 1 is 1.48 bits per heavy atom. The maximum atomic E-state index is 12.4. The van der Waals surface area contributed by atoms with Gasteiger partial charge in [-0.1, -0.05) is 0 Å². The molecule has 0 saturated carbocycles. The molecule has 1 aliphatic rings. The number of halogens is 2. The predicted molar refractivity (Wildman–Crippen MR) is 95.5 cm³/mol. The second-order valence-corrected chi connectivity index (χ2v) is 6.34. The van der Waals surface area contributed by atoms with Crippen molar-refractivity contribution in [2.24, 2.45) is 13.0 Å². The predicted octanol–water partition coefficient (Wildman–Crippen LogP) is 1.65. The van der Waals surface area contributed by atoms with Crippen molar-refractivity contribution in [1.82, 2.24) is 25.4 Å². The number of aryl methyl sites for hydroxylation is 2. The Balaban J connectivity index is 0.00000132. The van der Waals surface area contributed by atoms with Crippen LogP contribution in [0.1, 0.15) is 22.1 Å². The van der Waals surface area contributed by atoms with Gasteiger partial charge in [0.15, 0.2) is 0 Å². The number of hydrogen-bond donors (Lipinski definition) is 2. The van der Waals surface area contributed by atoms with Crippen molar-refractivity contribution in [3.63, 3.8) is 0 Å². The van der Waals surface area contributed by atoms with Gasteiger partial charge in [-0.3, -0.25) is 9.48 Å². The molecule has 0 unspecified atom stereocenters. The van der Waals surface area contributed by atoms with E-state index >= 15 is 0 Å². The SMILES string of the molecule is Cc1ncsc1CNC(=O)[C@H]1CNC[C@@H]1c1cnn(C)c1.Cl.Cl. The lowest BCUT2D eigenvalue weighted by Crippen LogP contribution is -2.33. The van der Waals surface area contributed by atoms with Crippen molar-refractivity contribution in [2.45, 2.75) is 19.4 Å². The van der Waals surface area contributed by atoms with E-state index in [1.165, 1.54) is 0 Å². The van der Waals surface area contributed by atoms with Crippen molar-refractivity contribution in [2.75, 3.05) is 13.1 Å². The summed E-state index contributed by atoms with van der Waals surface area (Å²) in [7, 11) is 1.90. The molecule has 3 rings (SSSR count). The van der Waals surface area contributed by atoms with Gasteiger partial charge in [0.05, 0.1) is 29.9 Å². The summed E-state index contributed by atoms with van der Waals surface area (Å²) in [4.78, 5) is 17.8. The first-order valence-electron chi connectivity index (χ1n) is 7.01. The molecule has 2 N–H and O–H groups in total. The van der Waals surface area contributed by atoms with Crippen LogP contribution < -0.4 is 10.6 Å². The third-order valence-electron chi connectivity index (χ3n) is 3.97. The van der Waals surface area contributed by atoms with Crippen LogP contribution in [0.4, 0.5) is 0 Å². The number of carbonyl (C=O) groups is 1. The summed E-state index contributed by atoms with van der Waals surface area (Å²) < 4.78 is 1.78. The number of carbonyl (C=O) groups excluding carboxylic acids is 1. The molecule has 0 aliphatic carbocycles. The van der Waals surface area contributed by atoms with E-state index in [1.807, 2.05) is 31.9 Å². The molecule has 0 radical (unpaired) electrons. The van der Waals surface area contributed by atoms with Gasteiger partial charge in [-0.05, 0) is 12.5 Å². The van der Waals surface area contributed by atoms with Crippen LogP contribution in [0.25, 0.3) is 0 Å². The average molecular weight is 378 g/mol. The molecule has 1 aliphatic heterocycles. The van der Waals surface area contributed by atoms with E-state index in [0.717, 1.165) is 22.7 Å². The van der Waals surface area contributed by atoms with E-state index in [4.69, 9.17) is 0 Å². The quantitative estimate of drug-likeness (QED) is 0.849. The van der Waals surface area contributed by atoms with E-state index in [9.17, 15) is 4.79 Å². The highest BCUT2D eigenvalue weighted by molar-refractivity contribution is 7.09. The van der Waals surface area contributed by atoms with Crippen LogP contribution in [-0.4, -0.2) is 33.8 Å². The molecule has 9 heteroatoms. The molecule has 128 valence electrons.